The van der Waals surface area contributed by atoms with Crippen molar-refractivity contribution < 1.29 is 4.79 Å². The third kappa shape index (κ3) is 4.57. The predicted octanol–water partition coefficient (Wildman–Crippen LogP) is 1.86. The Morgan fingerprint density at radius 1 is 1.41 bits per heavy atom. The van der Waals surface area contributed by atoms with Crippen LogP contribution < -0.4 is 10.6 Å². The van der Waals surface area contributed by atoms with E-state index in [1.165, 1.54) is 24.1 Å². The highest BCUT2D eigenvalue weighted by Crippen LogP contribution is 2.18. The number of aromatic nitrogens is 2. The first-order valence-corrected chi connectivity index (χ1v) is 8.46. The van der Waals surface area contributed by atoms with E-state index in [0.29, 0.717) is 12.3 Å². The Hall–Kier alpha value is -1.36. The Balaban J connectivity index is 1.76. The molecule has 5 heteroatoms. The van der Waals surface area contributed by atoms with E-state index in [2.05, 4.69) is 29.6 Å². The topological polar surface area (TPSA) is 59.0 Å². The molecule has 1 fully saturated rings. The summed E-state index contributed by atoms with van der Waals surface area (Å²) in [5, 5.41) is 10.9. The summed E-state index contributed by atoms with van der Waals surface area (Å²) >= 11 is 0. The van der Waals surface area contributed by atoms with Crippen LogP contribution >= 0.6 is 0 Å². The molecule has 2 rings (SSSR count). The zero-order valence-corrected chi connectivity index (χ0v) is 14.4. The fraction of sp³-hybridized carbons (Fsp3) is 0.765. The number of carbonyl (C=O) groups is 1. The third-order valence-electron chi connectivity index (χ3n) is 4.81. The van der Waals surface area contributed by atoms with Crippen molar-refractivity contribution in [2.75, 3.05) is 13.1 Å². The van der Waals surface area contributed by atoms with Gasteiger partial charge < -0.3 is 10.6 Å². The number of rotatable bonds is 6. The molecule has 5 nitrogen and oxygen atoms in total. The molecule has 1 saturated heterocycles. The van der Waals surface area contributed by atoms with Crippen molar-refractivity contribution in [3.05, 3.63) is 17.0 Å². The van der Waals surface area contributed by atoms with Crippen molar-refractivity contribution in [2.24, 2.45) is 13.0 Å². The molecule has 2 N–H and O–H groups in total. The monoisotopic (exact) mass is 306 g/mol. The van der Waals surface area contributed by atoms with Gasteiger partial charge in [0.25, 0.3) is 0 Å². The van der Waals surface area contributed by atoms with Gasteiger partial charge in [-0.15, -0.1) is 0 Å². The van der Waals surface area contributed by atoms with Gasteiger partial charge in [0.2, 0.25) is 5.91 Å². The van der Waals surface area contributed by atoms with E-state index in [9.17, 15) is 4.79 Å². The summed E-state index contributed by atoms with van der Waals surface area (Å²) in [5.41, 5.74) is 3.51. The molecule has 1 atom stereocenters. The van der Waals surface area contributed by atoms with E-state index in [4.69, 9.17) is 0 Å². The molecule has 1 amide bonds. The van der Waals surface area contributed by atoms with Crippen molar-refractivity contribution >= 4 is 5.91 Å². The number of aryl methyl sites for hydroxylation is 2. The van der Waals surface area contributed by atoms with Gasteiger partial charge in [0.05, 0.1) is 5.69 Å². The summed E-state index contributed by atoms with van der Waals surface area (Å²) < 4.78 is 1.91. The smallest absolute Gasteiger partial charge is 0.220 e. The lowest BCUT2D eigenvalue weighted by Crippen LogP contribution is -2.35. The van der Waals surface area contributed by atoms with Gasteiger partial charge in [0, 0.05) is 25.2 Å². The molecule has 1 aliphatic heterocycles. The highest BCUT2D eigenvalue weighted by molar-refractivity contribution is 5.76. The molecular formula is C17H30N4O. The van der Waals surface area contributed by atoms with Crippen molar-refractivity contribution in [1.82, 2.24) is 20.4 Å². The molecular weight excluding hydrogens is 276 g/mol. The Bertz CT molecular complexity index is 503. The number of amides is 1. The summed E-state index contributed by atoms with van der Waals surface area (Å²) in [7, 11) is 1.97. The first-order chi connectivity index (χ1) is 10.5. The average molecular weight is 306 g/mol. The molecule has 1 aromatic heterocycles. The zero-order chi connectivity index (χ0) is 16.1. The van der Waals surface area contributed by atoms with Crippen LogP contribution in [0.5, 0.6) is 0 Å². The molecule has 0 spiro atoms. The molecule has 0 bridgehead atoms. The van der Waals surface area contributed by atoms with E-state index < -0.39 is 0 Å². The van der Waals surface area contributed by atoms with E-state index in [-0.39, 0.29) is 11.9 Å². The summed E-state index contributed by atoms with van der Waals surface area (Å²) in [4.78, 5) is 12.1. The minimum Gasteiger partial charge on any atom is -0.353 e. The fourth-order valence-electron chi connectivity index (χ4n) is 3.32. The van der Waals surface area contributed by atoms with E-state index in [1.54, 1.807) is 0 Å². The van der Waals surface area contributed by atoms with Crippen LogP contribution in [0.15, 0.2) is 0 Å². The number of carbonyl (C=O) groups excluding carboxylic acids is 1. The lowest BCUT2D eigenvalue weighted by Gasteiger charge is -2.22. The van der Waals surface area contributed by atoms with Gasteiger partial charge >= 0.3 is 0 Å². The quantitative estimate of drug-likeness (QED) is 0.843. The normalized spacial score (nSPS) is 17.5. The Morgan fingerprint density at radius 3 is 2.68 bits per heavy atom. The molecule has 1 aromatic rings. The summed E-state index contributed by atoms with van der Waals surface area (Å²) in [5.74, 6) is 0.898. The minimum absolute atomic E-state index is 0.155. The maximum absolute atomic E-state index is 12.1. The highest BCUT2D eigenvalue weighted by Gasteiger charge is 2.17. The molecule has 0 radical (unpaired) electrons. The van der Waals surface area contributed by atoms with Crippen molar-refractivity contribution in [3.8, 4) is 0 Å². The number of hydrogen-bond donors (Lipinski definition) is 2. The van der Waals surface area contributed by atoms with Gasteiger partial charge in [0.15, 0.2) is 0 Å². The molecule has 0 saturated carbocycles. The van der Waals surface area contributed by atoms with Crippen LogP contribution in [0.25, 0.3) is 0 Å². The predicted molar refractivity (Wildman–Crippen MR) is 88.8 cm³/mol. The minimum atomic E-state index is 0.155. The molecule has 1 unspecified atom stereocenters. The highest BCUT2D eigenvalue weighted by atomic mass is 16.1. The van der Waals surface area contributed by atoms with Crippen LogP contribution in [-0.4, -0.2) is 34.8 Å². The SMILES string of the molecule is Cc1nn(C)c(C)c1CC(C)NC(=O)CCC1CCNCC1. The van der Waals surface area contributed by atoms with Crippen molar-refractivity contribution in [2.45, 2.75) is 58.9 Å². The Labute approximate surface area is 133 Å². The summed E-state index contributed by atoms with van der Waals surface area (Å²) in [6.45, 7) is 8.40. The fourth-order valence-corrected chi connectivity index (χ4v) is 3.32. The molecule has 0 aromatic carbocycles. The summed E-state index contributed by atoms with van der Waals surface area (Å²) in [6.07, 6.45) is 4.93. The van der Waals surface area contributed by atoms with Gasteiger partial charge in [-0.05, 0) is 71.0 Å². The number of nitrogens with one attached hydrogen (secondary N) is 2. The number of hydrogen-bond acceptors (Lipinski definition) is 3. The first-order valence-electron chi connectivity index (χ1n) is 8.46. The average Bonchev–Trinajstić information content (AvgIpc) is 2.73. The maximum atomic E-state index is 12.1. The lowest BCUT2D eigenvalue weighted by molar-refractivity contribution is -0.122. The first kappa shape index (κ1) is 17.0. The Kier molecular flexibility index (Phi) is 6.00. The van der Waals surface area contributed by atoms with Gasteiger partial charge in [0.1, 0.15) is 0 Å². The van der Waals surface area contributed by atoms with Crippen molar-refractivity contribution in [1.29, 1.82) is 0 Å². The lowest BCUT2D eigenvalue weighted by atomic mass is 9.93. The molecule has 2 heterocycles. The summed E-state index contributed by atoms with van der Waals surface area (Å²) in [6, 6.07) is 0.155. The van der Waals surface area contributed by atoms with Gasteiger partial charge in [-0.1, -0.05) is 0 Å². The van der Waals surface area contributed by atoms with E-state index >= 15 is 0 Å². The van der Waals surface area contributed by atoms with Crippen LogP contribution in [0.2, 0.25) is 0 Å². The van der Waals surface area contributed by atoms with Crippen LogP contribution in [-0.2, 0) is 18.3 Å². The van der Waals surface area contributed by atoms with Gasteiger partial charge in [-0.25, -0.2) is 0 Å². The number of nitrogens with zero attached hydrogens (tertiary/aromatic N) is 2. The third-order valence-corrected chi connectivity index (χ3v) is 4.81. The second-order valence-corrected chi connectivity index (χ2v) is 6.68. The molecule has 124 valence electrons. The second kappa shape index (κ2) is 7.77. The molecule has 1 aliphatic rings. The molecule has 0 aliphatic carbocycles. The van der Waals surface area contributed by atoms with E-state index in [0.717, 1.165) is 31.6 Å². The van der Waals surface area contributed by atoms with Gasteiger partial charge in [-0.2, -0.15) is 5.10 Å². The zero-order valence-electron chi connectivity index (χ0n) is 14.4. The maximum Gasteiger partial charge on any atom is 0.220 e. The Morgan fingerprint density at radius 2 is 2.09 bits per heavy atom. The van der Waals surface area contributed by atoms with E-state index in [1.807, 2.05) is 18.7 Å². The van der Waals surface area contributed by atoms with Gasteiger partial charge in [-0.3, -0.25) is 9.48 Å². The second-order valence-electron chi connectivity index (χ2n) is 6.68. The van der Waals surface area contributed by atoms with Crippen LogP contribution in [0, 0.1) is 19.8 Å². The largest absolute Gasteiger partial charge is 0.353 e. The van der Waals surface area contributed by atoms with Crippen LogP contribution in [0.3, 0.4) is 0 Å². The standard InChI is InChI=1S/C17H30N4O/c1-12(11-16-13(2)20-21(4)14(16)3)19-17(22)6-5-15-7-9-18-10-8-15/h12,15,18H,5-11H2,1-4H3,(H,19,22). The van der Waals surface area contributed by atoms with Crippen LogP contribution in [0.1, 0.15) is 49.6 Å². The van der Waals surface area contributed by atoms with Crippen molar-refractivity contribution in [3.63, 3.8) is 0 Å². The van der Waals surface area contributed by atoms with Crippen LogP contribution in [0.4, 0.5) is 0 Å². The number of piperidine rings is 1. The molecule has 22 heavy (non-hydrogen) atoms.